The first-order valence-corrected chi connectivity index (χ1v) is 6.50. The molecule has 1 amide bonds. The van der Waals surface area contributed by atoms with Gasteiger partial charge in [-0.2, -0.15) is 0 Å². The van der Waals surface area contributed by atoms with Crippen LogP contribution in [0, 0.1) is 0 Å². The molecule has 2 aromatic carbocycles. The lowest BCUT2D eigenvalue weighted by Crippen LogP contribution is -2.28. The Balaban J connectivity index is 1.74. The van der Waals surface area contributed by atoms with E-state index in [1.165, 1.54) is 0 Å². The second-order valence-electron chi connectivity index (χ2n) is 4.40. The number of hydrogen-bond acceptors (Lipinski definition) is 3. The molecule has 0 radical (unpaired) electrons. The Kier molecular flexibility index (Phi) is 5.15. The lowest BCUT2D eigenvalue weighted by Gasteiger charge is -2.08. The van der Waals surface area contributed by atoms with Gasteiger partial charge in [0.25, 0.3) is 5.91 Å². The van der Waals surface area contributed by atoms with Gasteiger partial charge in [-0.15, -0.1) is 0 Å². The van der Waals surface area contributed by atoms with Gasteiger partial charge in [-0.25, -0.2) is 0 Å². The van der Waals surface area contributed by atoms with E-state index in [1.54, 1.807) is 0 Å². The van der Waals surface area contributed by atoms with Gasteiger partial charge in [-0.1, -0.05) is 42.5 Å². The van der Waals surface area contributed by atoms with Crippen molar-refractivity contribution >= 4 is 5.91 Å². The summed E-state index contributed by atoms with van der Waals surface area (Å²) < 4.78 is 5.36. The molecule has 2 rings (SSSR count). The molecule has 0 aliphatic heterocycles. The molecule has 0 unspecified atom stereocenters. The molecular weight excluding hydrogens is 252 g/mol. The van der Waals surface area contributed by atoms with Crippen LogP contribution in [0.2, 0.25) is 0 Å². The van der Waals surface area contributed by atoms with Crippen molar-refractivity contribution in [3.05, 3.63) is 65.7 Å². The maximum absolute atomic E-state index is 11.7. The van der Waals surface area contributed by atoms with E-state index in [0.717, 1.165) is 11.1 Å². The van der Waals surface area contributed by atoms with Gasteiger partial charge in [0.2, 0.25) is 0 Å². The van der Waals surface area contributed by atoms with E-state index in [2.05, 4.69) is 5.32 Å². The molecule has 0 bridgehead atoms. The van der Waals surface area contributed by atoms with Crippen molar-refractivity contribution in [2.24, 2.45) is 5.73 Å². The first kappa shape index (κ1) is 14.1. The number of benzene rings is 2. The number of carbonyl (C=O) groups excluding carboxylic acids is 1. The summed E-state index contributed by atoms with van der Waals surface area (Å²) >= 11 is 0. The Morgan fingerprint density at radius 1 is 1.00 bits per heavy atom. The van der Waals surface area contributed by atoms with Crippen molar-refractivity contribution in [3.63, 3.8) is 0 Å². The summed E-state index contributed by atoms with van der Waals surface area (Å²) in [6, 6.07) is 17.1. The fraction of sp³-hybridized carbons (Fsp3) is 0.188. The third-order valence-electron chi connectivity index (χ3n) is 2.86. The predicted octanol–water partition coefficient (Wildman–Crippen LogP) is 1.84. The molecule has 0 aliphatic rings. The first-order valence-electron chi connectivity index (χ1n) is 6.50. The normalized spacial score (nSPS) is 10.1. The zero-order chi connectivity index (χ0) is 14.2. The van der Waals surface area contributed by atoms with Gasteiger partial charge in [0.1, 0.15) is 5.75 Å². The van der Waals surface area contributed by atoms with Crippen LogP contribution in [0.25, 0.3) is 0 Å². The number of carbonyl (C=O) groups is 1. The molecule has 0 spiro atoms. The van der Waals surface area contributed by atoms with Gasteiger partial charge in [0.15, 0.2) is 6.61 Å². The minimum atomic E-state index is -0.142. The van der Waals surface area contributed by atoms with Gasteiger partial charge < -0.3 is 15.8 Å². The Labute approximate surface area is 118 Å². The zero-order valence-corrected chi connectivity index (χ0v) is 11.2. The van der Waals surface area contributed by atoms with Crippen molar-refractivity contribution < 1.29 is 9.53 Å². The van der Waals surface area contributed by atoms with E-state index in [4.69, 9.17) is 10.5 Å². The Morgan fingerprint density at radius 2 is 1.65 bits per heavy atom. The highest BCUT2D eigenvalue weighted by Crippen LogP contribution is 2.07. The average Bonchev–Trinajstić information content (AvgIpc) is 2.52. The summed E-state index contributed by atoms with van der Waals surface area (Å²) in [4.78, 5) is 11.7. The maximum Gasteiger partial charge on any atom is 0.258 e. The lowest BCUT2D eigenvalue weighted by molar-refractivity contribution is -0.123. The standard InChI is InChI=1S/C16H18N2O2/c17-10-13-6-8-14(9-7-13)11-18-16(19)12-20-15-4-2-1-3-5-15/h1-9H,10-12,17H2,(H,18,19). The number of hydrogen-bond donors (Lipinski definition) is 2. The highest BCUT2D eigenvalue weighted by Gasteiger charge is 2.02. The Hall–Kier alpha value is -2.33. The first-order chi connectivity index (χ1) is 9.78. The van der Waals surface area contributed by atoms with E-state index in [0.29, 0.717) is 18.8 Å². The zero-order valence-electron chi connectivity index (χ0n) is 11.2. The summed E-state index contributed by atoms with van der Waals surface area (Å²) in [7, 11) is 0. The third-order valence-corrected chi connectivity index (χ3v) is 2.86. The highest BCUT2D eigenvalue weighted by atomic mass is 16.5. The van der Waals surface area contributed by atoms with Crippen LogP contribution in [0.1, 0.15) is 11.1 Å². The van der Waals surface area contributed by atoms with E-state index >= 15 is 0 Å². The largest absolute Gasteiger partial charge is 0.484 e. The van der Waals surface area contributed by atoms with E-state index in [1.807, 2.05) is 54.6 Å². The number of rotatable bonds is 6. The number of nitrogens with one attached hydrogen (secondary N) is 1. The molecule has 4 nitrogen and oxygen atoms in total. The average molecular weight is 270 g/mol. The fourth-order valence-corrected chi connectivity index (χ4v) is 1.71. The number of nitrogens with two attached hydrogens (primary N) is 1. The second kappa shape index (κ2) is 7.31. The smallest absolute Gasteiger partial charge is 0.258 e. The van der Waals surface area contributed by atoms with Gasteiger partial charge in [-0.3, -0.25) is 4.79 Å². The molecule has 0 saturated carbocycles. The predicted molar refractivity (Wildman–Crippen MR) is 78.1 cm³/mol. The van der Waals surface area contributed by atoms with Crippen LogP contribution in [0.4, 0.5) is 0 Å². The summed E-state index contributed by atoms with van der Waals surface area (Å²) in [6.07, 6.45) is 0. The van der Waals surface area contributed by atoms with Crippen LogP contribution in [0.15, 0.2) is 54.6 Å². The number of para-hydroxylation sites is 1. The molecule has 0 aromatic heterocycles. The topological polar surface area (TPSA) is 64.3 Å². The van der Waals surface area contributed by atoms with Gasteiger partial charge in [0, 0.05) is 13.1 Å². The minimum Gasteiger partial charge on any atom is -0.484 e. The molecule has 4 heteroatoms. The second-order valence-corrected chi connectivity index (χ2v) is 4.40. The summed E-state index contributed by atoms with van der Waals surface area (Å²) in [5.74, 6) is 0.548. The van der Waals surface area contributed by atoms with Crippen LogP contribution >= 0.6 is 0 Å². The molecule has 0 atom stereocenters. The number of ether oxygens (including phenoxy) is 1. The molecule has 0 aliphatic carbocycles. The maximum atomic E-state index is 11.7. The molecule has 3 N–H and O–H groups in total. The van der Waals surface area contributed by atoms with Crippen molar-refractivity contribution in [1.82, 2.24) is 5.32 Å². The van der Waals surface area contributed by atoms with Crippen molar-refractivity contribution in [1.29, 1.82) is 0 Å². The monoisotopic (exact) mass is 270 g/mol. The van der Waals surface area contributed by atoms with Gasteiger partial charge in [0.05, 0.1) is 0 Å². The fourth-order valence-electron chi connectivity index (χ4n) is 1.71. The summed E-state index contributed by atoms with van der Waals surface area (Å²) in [6.45, 7) is 1.03. The van der Waals surface area contributed by atoms with Crippen LogP contribution in [0.3, 0.4) is 0 Å². The van der Waals surface area contributed by atoms with Crippen LogP contribution in [-0.4, -0.2) is 12.5 Å². The van der Waals surface area contributed by atoms with Crippen molar-refractivity contribution in [3.8, 4) is 5.75 Å². The van der Waals surface area contributed by atoms with Crippen molar-refractivity contribution in [2.75, 3.05) is 6.61 Å². The van der Waals surface area contributed by atoms with E-state index < -0.39 is 0 Å². The van der Waals surface area contributed by atoms with E-state index in [-0.39, 0.29) is 12.5 Å². The molecule has 0 heterocycles. The van der Waals surface area contributed by atoms with Crippen LogP contribution in [0.5, 0.6) is 5.75 Å². The SMILES string of the molecule is NCc1ccc(CNC(=O)COc2ccccc2)cc1. The van der Waals surface area contributed by atoms with Crippen LogP contribution < -0.4 is 15.8 Å². The molecule has 0 saturated heterocycles. The summed E-state index contributed by atoms with van der Waals surface area (Å²) in [5.41, 5.74) is 7.64. The van der Waals surface area contributed by atoms with Gasteiger partial charge in [-0.05, 0) is 23.3 Å². The quantitative estimate of drug-likeness (QED) is 0.842. The van der Waals surface area contributed by atoms with Crippen molar-refractivity contribution in [2.45, 2.75) is 13.1 Å². The molecule has 20 heavy (non-hydrogen) atoms. The minimum absolute atomic E-state index is 0.0187. The molecule has 2 aromatic rings. The Bertz CT molecular complexity index is 538. The summed E-state index contributed by atoms with van der Waals surface area (Å²) in [5, 5.41) is 2.81. The Morgan fingerprint density at radius 3 is 2.30 bits per heavy atom. The van der Waals surface area contributed by atoms with Crippen LogP contribution in [-0.2, 0) is 17.9 Å². The number of amides is 1. The third kappa shape index (κ3) is 4.40. The van der Waals surface area contributed by atoms with Gasteiger partial charge >= 0.3 is 0 Å². The molecule has 104 valence electrons. The lowest BCUT2D eigenvalue weighted by atomic mass is 10.1. The molecular formula is C16H18N2O2. The highest BCUT2D eigenvalue weighted by molar-refractivity contribution is 5.77. The molecule has 0 fully saturated rings. The van der Waals surface area contributed by atoms with E-state index in [9.17, 15) is 4.79 Å².